The summed E-state index contributed by atoms with van der Waals surface area (Å²) in [4.78, 5) is 28.7. The minimum atomic E-state index is -0.160. The van der Waals surface area contributed by atoms with Crippen molar-refractivity contribution in [3.05, 3.63) is 42.1 Å². The fraction of sp³-hybridized carbons (Fsp3) is 0.440. The number of fused-ring (bicyclic) bond motifs is 1. The smallest absolute Gasteiger partial charge is 0.252 e. The molecule has 5 heterocycles. The maximum atomic E-state index is 12.8. The van der Waals surface area contributed by atoms with Gasteiger partial charge in [-0.15, -0.1) is 0 Å². The van der Waals surface area contributed by atoms with Gasteiger partial charge in [0.15, 0.2) is 11.5 Å². The molecule has 13 nitrogen and oxygen atoms in total. The van der Waals surface area contributed by atoms with E-state index in [0.717, 1.165) is 49.2 Å². The molecule has 13 heteroatoms. The van der Waals surface area contributed by atoms with E-state index < -0.39 is 0 Å². The first-order chi connectivity index (χ1) is 18.4. The van der Waals surface area contributed by atoms with Gasteiger partial charge >= 0.3 is 0 Å². The number of nitrogens with one attached hydrogen (secondary N) is 3. The Morgan fingerprint density at radius 2 is 1.95 bits per heavy atom. The lowest BCUT2D eigenvalue weighted by Gasteiger charge is -2.31. The maximum absolute atomic E-state index is 12.8. The summed E-state index contributed by atoms with van der Waals surface area (Å²) in [5.41, 5.74) is 3.37. The number of methoxy groups -OCH3 is 1. The number of anilines is 4. The third kappa shape index (κ3) is 5.73. The number of amides is 1. The molecule has 0 unspecified atom stereocenters. The lowest BCUT2D eigenvalue weighted by Crippen LogP contribution is -2.41. The number of aryl methyl sites for hydroxylation is 3. The third-order valence-electron chi connectivity index (χ3n) is 6.73. The molecule has 3 N–H and O–H groups in total. The van der Waals surface area contributed by atoms with E-state index in [1.165, 1.54) is 0 Å². The summed E-state index contributed by atoms with van der Waals surface area (Å²) >= 11 is 0. The van der Waals surface area contributed by atoms with Gasteiger partial charge in [-0.1, -0.05) is 0 Å². The van der Waals surface area contributed by atoms with Crippen LogP contribution in [0.15, 0.2) is 30.9 Å². The SMILES string of the molecule is COC1CCN(CCNC(=O)c2cnc(C)c(Nc3nn(C)c4nc(Nc5cnn(C)c5)ncc34)c2)CC1. The summed E-state index contributed by atoms with van der Waals surface area (Å²) in [6.45, 7) is 5.23. The first kappa shape index (κ1) is 25.5. The fourth-order valence-corrected chi connectivity index (χ4v) is 4.51. The van der Waals surface area contributed by atoms with Crippen LogP contribution >= 0.6 is 0 Å². The number of hydrogen-bond donors (Lipinski definition) is 3. The zero-order valence-electron chi connectivity index (χ0n) is 22.1. The Morgan fingerprint density at radius 1 is 1.13 bits per heavy atom. The molecule has 200 valence electrons. The van der Waals surface area contributed by atoms with Gasteiger partial charge in [-0.2, -0.15) is 15.2 Å². The molecule has 4 aromatic heterocycles. The topological polar surface area (TPSA) is 140 Å². The van der Waals surface area contributed by atoms with Crippen LogP contribution in [0.4, 0.5) is 23.1 Å². The highest BCUT2D eigenvalue weighted by Gasteiger charge is 2.19. The standard InChI is InChI=1S/C25H33N11O2/c1-16-21(11-17(12-27-16)24(37)26-7-10-36-8-5-19(38-4)6-9-36)31-22-20-14-28-25(32-23(20)35(3)33-22)30-18-13-29-34(2)15-18/h11-15,19H,5-10H2,1-4H3,(H,26,37)(H,31,33)(H,28,30,32). The van der Waals surface area contributed by atoms with Gasteiger partial charge in [0, 0.05) is 66.0 Å². The van der Waals surface area contributed by atoms with E-state index in [0.29, 0.717) is 41.3 Å². The van der Waals surface area contributed by atoms with Gasteiger partial charge < -0.3 is 25.6 Å². The Balaban J connectivity index is 1.24. The van der Waals surface area contributed by atoms with E-state index in [9.17, 15) is 4.79 Å². The van der Waals surface area contributed by atoms with E-state index in [-0.39, 0.29) is 5.91 Å². The van der Waals surface area contributed by atoms with Crippen LogP contribution in [0.5, 0.6) is 0 Å². The van der Waals surface area contributed by atoms with Crippen LogP contribution in [0.2, 0.25) is 0 Å². The van der Waals surface area contributed by atoms with Crippen molar-refractivity contribution in [1.29, 1.82) is 0 Å². The molecule has 0 bridgehead atoms. The average Bonchev–Trinajstić information content (AvgIpc) is 3.47. The molecule has 0 saturated carbocycles. The molecule has 1 saturated heterocycles. The molecule has 0 radical (unpaired) electrons. The van der Waals surface area contributed by atoms with Gasteiger partial charge in [0.25, 0.3) is 5.91 Å². The number of ether oxygens (including phenoxy) is 1. The zero-order valence-corrected chi connectivity index (χ0v) is 22.1. The number of nitrogens with zero attached hydrogens (tertiary/aromatic N) is 8. The second-order valence-corrected chi connectivity index (χ2v) is 9.45. The molecular weight excluding hydrogens is 486 g/mol. The van der Waals surface area contributed by atoms with E-state index in [4.69, 9.17) is 4.74 Å². The van der Waals surface area contributed by atoms with Gasteiger partial charge in [-0.3, -0.25) is 14.5 Å². The van der Waals surface area contributed by atoms with Crippen LogP contribution in [-0.2, 0) is 18.8 Å². The number of piperidine rings is 1. The van der Waals surface area contributed by atoms with Crippen molar-refractivity contribution in [1.82, 2.24) is 44.7 Å². The van der Waals surface area contributed by atoms with E-state index >= 15 is 0 Å². The third-order valence-corrected chi connectivity index (χ3v) is 6.73. The monoisotopic (exact) mass is 519 g/mol. The number of carbonyl (C=O) groups is 1. The molecule has 1 aliphatic heterocycles. The predicted octanol–water partition coefficient (Wildman–Crippen LogP) is 2.13. The van der Waals surface area contributed by atoms with Crippen molar-refractivity contribution in [3.63, 3.8) is 0 Å². The van der Waals surface area contributed by atoms with Crippen LogP contribution in [-0.4, -0.2) is 84.7 Å². The summed E-state index contributed by atoms with van der Waals surface area (Å²) in [5, 5.41) is 18.9. The van der Waals surface area contributed by atoms with Gasteiger partial charge in [0.2, 0.25) is 5.95 Å². The first-order valence-corrected chi connectivity index (χ1v) is 12.6. The Hall–Kier alpha value is -4.10. The van der Waals surface area contributed by atoms with Crippen molar-refractivity contribution in [2.75, 3.05) is 43.9 Å². The number of pyridine rings is 1. The summed E-state index contributed by atoms with van der Waals surface area (Å²) in [7, 11) is 5.43. The molecule has 1 fully saturated rings. The van der Waals surface area contributed by atoms with E-state index in [1.807, 2.05) is 27.2 Å². The summed E-state index contributed by atoms with van der Waals surface area (Å²) in [6, 6.07) is 1.79. The molecular formula is C25H33N11O2. The van der Waals surface area contributed by atoms with Gasteiger partial charge in [0.1, 0.15) is 0 Å². The van der Waals surface area contributed by atoms with Gasteiger partial charge in [-0.25, -0.2) is 9.67 Å². The molecule has 0 aliphatic carbocycles. The lowest BCUT2D eigenvalue weighted by molar-refractivity contribution is 0.0413. The molecule has 5 rings (SSSR count). The quantitative estimate of drug-likeness (QED) is 0.301. The summed E-state index contributed by atoms with van der Waals surface area (Å²) < 4.78 is 8.81. The van der Waals surface area contributed by atoms with Crippen molar-refractivity contribution in [2.45, 2.75) is 25.9 Å². The minimum absolute atomic E-state index is 0.160. The molecule has 0 atom stereocenters. The second-order valence-electron chi connectivity index (χ2n) is 9.45. The Bertz CT molecular complexity index is 1420. The molecule has 0 aromatic carbocycles. The Labute approximate surface area is 220 Å². The van der Waals surface area contributed by atoms with Crippen LogP contribution in [0.1, 0.15) is 28.9 Å². The van der Waals surface area contributed by atoms with Crippen LogP contribution in [0.25, 0.3) is 11.0 Å². The van der Waals surface area contributed by atoms with Crippen molar-refractivity contribution < 1.29 is 9.53 Å². The molecule has 1 aliphatic rings. The van der Waals surface area contributed by atoms with E-state index in [1.54, 1.807) is 41.1 Å². The van der Waals surface area contributed by atoms with Gasteiger partial charge in [-0.05, 0) is 25.8 Å². The highest BCUT2D eigenvalue weighted by Crippen LogP contribution is 2.27. The van der Waals surface area contributed by atoms with Crippen LogP contribution in [0.3, 0.4) is 0 Å². The molecule has 0 spiro atoms. The van der Waals surface area contributed by atoms with Crippen LogP contribution < -0.4 is 16.0 Å². The van der Waals surface area contributed by atoms with Crippen molar-refractivity contribution >= 4 is 40.1 Å². The number of rotatable bonds is 9. The summed E-state index contributed by atoms with van der Waals surface area (Å²) in [6.07, 6.45) is 9.24. The second kappa shape index (κ2) is 11.1. The van der Waals surface area contributed by atoms with Gasteiger partial charge in [0.05, 0.1) is 40.3 Å². The number of likely N-dealkylation sites (tertiary alicyclic amines) is 1. The average molecular weight is 520 g/mol. The largest absolute Gasteiger partial charge is 0.381 e. The Kier molecular flexibility index (Phi) is 7.47. The zero-order chi connectivity index (χ0) is 26.6. The first-order valence-electron chi connectivity index (χ1n) is 12.6. The van der Waals surface area contributed by atoms with Crippen molar-refractivity contribution in [3.8, 4) is 0 Å². The summed E-state index contributed by atoms with van der Waals surface area (Å²) in [5.74, 6) is 0.865. The molecule has 1 amide bonds. The highest BCUT2D eigenvalue weighted by molar-refractivity contribution is 5.96. The Morgan fingerprint density at radius 3 is 2.68 bits per heavy atom. The number of aromatic nitrogens is 7. The van der Waals surface area contributed by atoms with E-state index in [2.05, 4.69) is 46.0 Å². The van der Waals surface area contributed by atoms with Crippen molar-refractivity contribution in [2.24, 2.45) is 14.1 Å². The normalized spacial score (nSPS) is 14.6. The van der Waals surface area contributed by atoms with Crippen LogP contribution in [0, 0.1) is 6.92 Å². The molecule has 4 aromatic rings. The maximum Gasteiger partial charge on any atom is 0.252 e. The highest BCUT2D eigenvalue weighted by atomic mass is 16.5. The fourth-order valence-electron chi connectivity index (χ4n) is 4.51. The number of hydrogen-bond acceptors (Lipinski definition) is 10. The minimum Gasteiger partial charge on any atom is -0.381 e. The predicted molar refractivity (Wildman–Crippen MR) is 144 cm³/mol. The number of carbonyl (C=O) groups excluding carboxylic acids is 1. The molecule has 38 heavy (non-hydrogen) atoms. The lowest BCUT2D eigenvalue weighted by atomic mass is 10.1.